The minimum Gasteiger partial charge on any atom is -0.480 e. The van der Waals surface area contributed by atoms with Gasteiger partial charge >= 0.3 is 5.97 Å². The van der Waals surface area contributed by atoms with Gasteiger partial charge in [-0.25, -0.2) is 0 Å². The van der Waals surface area contributed by atoms with Crippen LogP contribution in [-0.2, 0) is 9.59 Å². The third-order valence-corrected chi connectivity index (χ3v) is 1.73. The SMILES string of the molecule is CNCC(=O)N(CC(=O)O)C(C)(C)C. The maximum Gasteiger partial charge on any atom is 0.323 e. The van der Waals surface area contributed by atoms with Gasteiger partial charge in [0.1, 0.15) is 6.54 Å². The van der Waals surface area contributed by atoms with Gasteiger partial charge in [-0.15, -0.1) is 0 Å². The Labute approximate surface area is 84.1 Å². The second-order valence-corrected chi connectivity index (χ2v) is 4.07. The van der Waals surface area contributed by atoms with Crippen LogP contribution in [0, 0.1) is 0 Å². The average molecular weight is 202 g/mol. The van der Waals surface area contributed by atoms with Crippen LogP contribution < -0.4 is 5.32 Å². The van der Waals surface area contributed by atoms with Gasteiger partial charge in [0.25, 0.3) is 0 Å². The number of aliphatic carboxylic acids is 1. The third-order valence-electron chi connectivity index (χ3n) is 1.73. The van der Waals surface area contributed by atoms with Gasteiger partial charge in [0, 0.05) is 5.54 Å². The predicted octanol–water partition coefficient (Wildman–Crippen LogP) is -0.0825. The lowest BCUT2D eigenvalue weighted by Gasteiger charge is -2.34. The van der Waals surface area contributed by atoms with E-state index >= 15 is 0 Å². The monoisotopic (exact) mass is 202 g/mol. The maximum atomic E-state index is 11.5. The van der Waals surface area contributed by atoms with E-state index in [1.165, 1.54) is 4.90 Å². The van der Waals surface area contributed by atoms with Crippen molar-refractivity contribution < 1.29 is 14.7 Å². The summed E-state index contributed by atoms with van der Waals surface area (Å²) in [6.45, 7) is 5.32. The number of carbonyl (C=O) groups excluding carboxylic acids is 1. The van der Waals surface area contributed by atoms with E-state index in [1.807, 2.05) is 20.8 Å². The smallest absolute Gasteiger partial charge is 0.323 e. The van der Waals surface area contributed by atoms with Crippen LogP contribution in [0.15, 0.2) is 0 Å². The number of amides is 1. The zero-order chi connectivity index (χ0) is 11.4. The summed E-state index contributed by atoms with van der Waals surface area (Å²) in [5.41, 5.74) is -0.466. The molecule has 1 amide bonds. The summed E-state index contributed by atoms with van der Waals surface area (Å²) in [6, 6.07) is 0. The van der Waals surface area contributed by atoms with Crippen LogP contribution >= 0.6 is 0 Å². The zero-order valence-electron chi connectivity index (χ0n) is 9.13. The van der Waals surface area contributed by atoms with Gasteiger partial charge in [0.05, 0.1) is 6.54 Å². The van der Waals surface area contributed by atoms with Crippen LogP contribution in [0.4, 0.5) is 0 Å². The minimum atomic E-state index is -0.996. The molecule has 0 bridgehead atoms. The maximum absolute atomic E-state index is 11.5. The molecule has 0 aromatic heterocycles. The summed E-state index contributed by atoms with van der Waals surface area (Å²) in [4.78, 5) is 23.4. The van der Waals surface area contributed by atoms with Gasteiger partial charge in [0.2, 0.25) is 5.91 Å². The summed E-state index contributed by atoms with van der Waals surface area (Å²) in [7, 11) is 1.65. The Morgan fingerprint density at radius 3 is 2.14 bits per heavy atom. The zero-order valence-corrected chi connectivity index (χ0v) is 9.13. The normalized spacial score (nSPS) is 11.1. The molecular formula is C9H18N2O3. The molecule has 0 fully saturated rings. The number of likely N-dealkylation sites (N-methyl/N-ethyl adjacent to an activating group) is 1. The van der Waals surface area contributed by atoms with Gasteiger partial charge in [-0.3, -0.25) is 9.59 Å². The van der Waals surface area contributed by atoms with Crippen molar-refractivity contribution in [3.05, 3.63) is 0 Å². The Hall–Kier alpha value is -1.10. The molecule has 5 heteroatoms. The number of rotatable bonds is 4. The van der Waals surface area contributed by atoms with Gasteiger partial charge in [-0.1, -0.05) is 0 Å². The van der Waals surface area contributed by atoms with Crippen molar-refractivity contribution >= 4 is 11.9 Å². The molecule has 0 aromatic carbocycles. The van der Waals surface area contributed by atoms with E-state index in [0.717, 1.165) is 0 Å². The molecule has 0 rings (SSSR count). The quantitative estimate of drug-likeness (QED) is 0.669. The Morgan fingerprint density at radius 2 is 1.86 bits per heavy atom. The molecule has 14 heavy (non-hydrogen) atoms. The fourth-order valence-corrected chi connectivity index (χ4v) is 1.08. The summed E-state index contributed by atoms with van der Waals surface area (Å²) >= 11 is 0. The van der Waals surface area contributed by atoms with Crippen molar-refractivity contribution in [1.29, 1.82) is 0 Å². The number of hydrogen-bond donors (Lipinski definition) is 2. The lowest BCUT2D eigenvalue weighted by molar-refractivity contribution is -0.147. The fraction of sp³-hybridized carbons (Fsp3) is 0.778. The number of nitrogens with one attached hydrogen (secondary N) is 1. The van der Waals surface area contributed by atoms with E-state index in [4.69, 9.17) is 5.11 Å². The van der Waals surface area contributed by atoms with Gasteiger partial charge in [-0.05, 0) is 27.8 Å². The van der Waals surface area contributed by atoms with Crippen molar-refractivity contribution in [2.24, 2.45) is 0 Å². The standard InChI is InChI=1S/C9H18N2O3/c1-9(2,3)11(6-8(13)14)7(12)5-10-4/h10H,5-6H2,1-4H3,(H,13,14). The first-order valence-corrected chi connectivity index (χ1v) is 4.46. The highest BCUT2D eigenvalue weighted by Gasteiger charge is 2.27. The van der Waals surface area contributed by atoms with Gasteiger partial charge in [0.15, 0.2) is 0 Å². The van der Waals surface area contributed by atoms with Crippen molar-refractivity contribution in [3.63, 3.8) is 0 Å². The molecule has 5 nitrogen and oxygen atoms in total. The van der Waals surface area contributed by atoms with E-state index < -0.39 is 11.5 Å². The lowest BCUT2D eigenvalue weighted by atomic mass is 10.1. The summed E-state index contributed by atoms with van der Waals surface area (Å²) in [5.74, 6) is -1.20. The topological polar surface area (TPSA) is 69.6 Å². The number of carbonyl (C=O) groups is 2. The molecule has 0 saturated heterocycles. The van der Waals surface area contributed by atoms with E-state index in [1.54, 1.807) is 7.05 Å². The third kappa shape index (κ3) is 4.23. The van der Waals surface area contributed by atoms with Crippen LogP contribution in [0.25, 0.3) is 0 Å². The number of hydrogen-bond acceptors (Lipinski definition) is 3. The second kappa shape index (κ2) is 4.95. The first-order valence-electron chi connectivity index (χ1n) is 4.46. The number of nitrogens with zero attached hydrogens (tertiary/aromatic N) is 1. The van der Waals surface area contributed by atoms with Crippen molar-refractivity contribution in [2.75, 3.05) is 20.1 Å². The number of carboxylic acids is 1. The lowest BCUT2D eigenvalue weighted by Crippen LogP contribution is -2.50. The fourth-order valence-electron chi connectivity index (χ4n) is 1.08. The molecule has 0 atom stereocenters. The predicted molar refractivity (Wildman–Crippen MR) is 53.0 cm³/mol. The van der Waals surface area contributed by atoms with Crippen molar-refractivity contribution in [3.8, 4) is 0 Å². The number of carboxylic acid groups (broad SMARTS) is 1. The van der Waals surface area contributed by atoms with Crippen LogP contribution in [-0.4, -0.2) is 47.6 Å². The largest absolute Gasteiger partial charge is 0.480 e. The molecule has 0 radical (unpaired) electrons. The summed E-state index contributed by atoms with van der Waals surface area (Å²) in [6.07, 6.45) is 0. The van der Waals surface area contributed by atoms with Crippen LogP contribution in [0.1, 0.15) is 20.8 Å². The summed E-state index contributed by atoms with van der Waals surface area (Å²) < 4.78 is 0. The molecule has 0 aliphatic rings. The molecule has 2 N–H and O–H groups in total. The minimum absolute atomic E-state index is 0.157. The van der Waals surface area contributed by atoms with Crippen LogP contribution in [0.2, 0.25) is 0 Å². The van der Waals surface area contributed by atoms with Crippen molar-refractivity contribution in [1.82, 2.24) is 10.2 Å². The van der Waals surface area contributed by atoms with Crippen LogP contribution in [0.5, 0.6) is 0 Å². The molecule has 0 aliphatic carbocycles. The van der Waals surface area contributed by atoms with Crippen molar-refractivity contribution in [2.45, 2.75) is 26.3 Å². The van der Waals surface area contributed by atoms with E-state index in [2.05, 4.69) is 5.32 Å². The first kappa shape index (κ1) is 12.9. The Kier molecular flexibility index (Phi) is 4.56. The molecule has 0 heterocycles. The highest BCUT2D eigenvalue weighted by Crippen LogP contribution is 2.12. The molecular weight excluding hydrogens is 184 g/mol. The molecule has 0 aliphatic heterocycles. The molecule has 0 spiro atoms. The first-order chi connectivity index (χ1) is 6.29. The highest BCUT2D eigenvalue weighted by atomic mass is 16.4. The molecule has 0 aromatic rings. The van der Waals surface area contributed by atoms with E-state index in [9.17, 15) is 9.59 Å². The molecule has 0 saturated carbocycles. The summed E-state index contributed by atoms with van der Waals surface area (Å²) in [5, 5.41) is 11.4. The molecule has 0 unspecified atom stereocenters. The van der Waals surface area contributed by atoms with Crippen LogP contribution in [0.3, 0.4) is 0 Å². The van der Waals surface area contributed by atoms with Gasteiger partial charge in [-0.2, -0.15) is 0 Å². The molecule has 82 valence electrons. The Balaban J connectivity index is 4.55. The highest BCUT2D eigenvalue weighted by molar-refractivity contribution is 5.83. The average Bonchev–Trinajstić information content (AvgIpc) is 1.98. The second-order valence-electron chi connectivity index (χ2n) is 4.07. The van der Waals surface area contributed by atoms with Gasteiger partial charge < -0.3 is 15.3 Å². The van der Waals surface area contributed by atoms with E-state index in [0.29, 0.717) is 0 Å². The Bertz CT molecular complexity index is 221. The van der Waals surface area contributed by atoms with E-state index in [-0.39, 0.29) is 19.0 Å². The Morgan fingerprint density at radius 1 is 1.36 bits per heavy atom.